The molecule has 10 nitrogen and oxygen atoms in total. The van der Waals surface area contributed by atoms with Gasteiger partial charge in [0.1, 0.15) is 5.41 Å². The second-order valence-corrected chi connectivity index (χ2v) is 11.3. The SMILES string of the molecule is NC(CCCB(O)O)NC(=O)C1(C(=O)NC2Cc3ccccc3C2)CCCC1.O=S(=O)(O)c1ccccc1. The van der Waals surface area contributed by atoms with Crippen LogP contribution >= 0.6 is 0 Å². The molecule has 38 heavy (non-hydrogen) atoms. The van der Waals surface area contributed by atoms with Crippen LogP contribution in [0.5, 0.6) is 0 Å². The number of fused-ring (bicyclic) bond motifs is 1. The number of carbonyl (C=O) groups excluding carboxylic acids is 2. The molecule has 2 aromatic rings. The minimum Gasteiger partial charge on any atom is -0.427 e. The summed E-state index contributed by atoms with van der Waals surface area (Å²) in [5.74, 6) is -0.506. The molecule has 0 bridgehead atoms. The first kappa shape index (κ1) is 29.8. The number of benzene rings is 2. The summed E-state index contributed by atoms with van der Waals surface area (Å²) < 4.78 is 29.2. The van der Waals surface area contributed by atoms with Gasteiger partial charge in [0.15, 0.2) is 0 Å². The first-order valence-corrected chi connectivity index (χ1v) is 14.3. The van der Waals surface area contributed by atoms with E-state index < -0.39 is 28.8 Å². The zero-order chi connectivity index (χ0) is 27.8. The lowest BCUT2D eigenvalue weighted by Crippen LogP contribution is -2.55. The molecule has 0 saturated heterocycles. The van der Waals surface area contributed by atoms with Crippen molar-refractivity contribution < 1.29 is 32.6 Å². The van der Waals surface area contributed by atoms with E-state index >= 15 is 0 Å². The Hall–Kier alpha value is -2.77. The maximum absolute atomic E-state index is 13.1. The van der Waals surface area contributed by atoms with Crippen molar-refractivity contribution in [3.05, 3.63) is 65.7 Å². The van der Waals surface area contributed by atoms with Crippen LogP contribution in [-0.4, -0.2) is 54.2 Å². The fourth-order valence-electron chi connectivity index (χ4n) is 5.01. The van der Waals surface area contributed by atoms with Crippen LogP contribution in [0, 0.1) is 5.41 Å². The minimum absolute atomic E-state index is 0.0230. The van der Waals surface area contributed by atoms with Gasteiger partial charge in [-0.15, -0.1) is 0 Å². The molecule has 0 radical (unpaired) electrons. The Bertz CT molecular complexity index is 1160. The van der Waals surface area contributed by atoms with Crippen molar-refractivity contribution in [2.75, 3.05) is 0 Å². The maximum atomic E-state index is 13.1. The van der Waals surface area contributed by atoms with Gasteiger partial charge in [0.25, 0.3) is 10.1 Å². The van der Waals surface area contributed by atoms with E-state index in [9.17, 15) is 18.0 Å². The van der Waals surface area contributed by atoms with Gasteiger partial charge in [-0.25, -0.2) is 0 Å². The van der Waals surface area contributed by atoms with E-state index in [-0.39, 0.29) is 29.1 Å². The van der Waals surface area contributed by atoms with E-state index in [0.29, 0.717) is 25.7 Å². The highest BCUT2D eigenvalue weighted by atomic mass is 32.2. The van der Waals surface area contributed by atoms with Crippen molar-refractivity contribution in [3.63, 3.8) is 0 Å². The Morgan fingerprint density at radius 1 is 0.974 bits per heavy atom. The summed E-state index contributed by atoms with van der Waals surface area (Å²) in [6.07, 6.45) is 4.86. The number of rotatable bonds is 9. The topological polar surface area (TPSA) is 179 Å². The van der Waals surface area contributed by atoms with Gasteiger partial charge < -0.3 is 26.4 Å². The fraction of sp³-hybridized carbons (Fsp3) is 0.462. The van der Waals surface area contributed by atoms with Gasteiger partial charge >= 0.3 is 7.12 Å². The molecular weight excluding hydrogens is 509 g/mol. The molecule has 1 saturated carbocycles. The number of hydrogen-bond donors (Lipinski definition) is 6. The molecule has 2 amide bonds. The number of hydrogen-bond acceptors (Lipinski definition) is 7. The Morgan fingerprint density at radius 2 is 1.53 bits per heavy atom. The third-order valence-electron chi connectivity index (χ3n) is 7.05. The first-order valence-electron chi connectivity index (χ1n) is 12.8. The van der Waals surface area contributed by atoms with E-state index in [1.807, 2.05) is 12.1 Å². The minimum atomic E-state index is -4.00. The van der Waals surface area contributed by atoms with Gasteiger partial charge in [0, 0.05) is 6.04 Å². The normalized spacial score (nSPS) is 17.1. The molecule has 2 aromatic carbocycles. The number of nitrogens with one attached hydrogen (secondary N) is 2. The second kappa shape index (κ2) is 13.3. The summed E-state index contributed by atoms with van der Waals surface area (Å²) in [6.45, 7) is 0. The zero-order valence-corrected chi connectivity index (χ0v) is 22.1. The van der Waals surface area contributed by atoms with Crippen molar-refractivity contribution in [2.45, 2.75) is 74.8 Å². The third-order valence-corrected chi connectivity index (χ3v) is 7.92. The van der Waals surface area contributed by atoms with E-state index in [1.165, 1.54) is 23.3 Å². The molecule has 2 aliphatic carbocycles. The quantitative estimate of drug-likeness (QED) is 0.119. The molecule has 0 aliphatic heterocycles. The molecule has 12 heteroatoms. The molecule has 1 fully saturated rings. The average molecular weight is 545 g/mol. The zero-order valence-electron chi connectivity index (χ0n) is 21.3. The lowest BCUT2D eigenvalue weighted by molar-refractivity contribution is -0.144. The van der Waals surface area contributed by atoms with Crippen molar-refractivity contribution in [2.24, 2.45) is 11.1 Å². The lowest BCUT2D eigenvalue weighted by atomic mass is 9.82. The molecule has 0 aromatic heterocycles. The van der Waals surface area contributed by atoms with Crippen molar-refractivity contribution in [1.29, 1.82) is 0 Å². The summed E-state index contributed by atoms with van der Waals surface area (Å²) in [7, 11) is -5.37. The predicted octanol–water partition coefficient (Wildman–Crippen LogP) is 1.42. The Balaban J connectivity index is 0.000000336. The fourth-order valence-corrected chi connectivity index (χ4v) is 5.51. The maximum Gasteiger partial charge on any atom is 0.451 e. The van der Waals surface area contributed by atoms with Crippen LogP contribution in [0.3, 0.4) is 0 Å². The molecule has 0 spiro atoms. The number of nitrogens with two attached hydrogens (primary N) is 1. The van der Waals surface area contributed by atoms with Gasteiger partial charge in [-0.3, -0.25) is 14.1 Å². The van der Waals surface area contributed by atoms with Crippen LogP contribution in [0.15, 0.2) is 59.5 Å². The van der Waals surface area contributed by atoms with Gasteiger partial charge in [-0.1, -0.05) is 61.7 Å². The summed E-state index contributed by atoms with van der Waals surface area (Å²) in [6, 6.07) is 15.6. The van der Waals surface area contributed by atoms with E-state index in [1.54, 1.807) is 18.2 Å². The monoisotopic (exact) mass is 545 g/mol. The van der Waals surface area contributed by atoms with Crippen LogP contribution in [0.25, 0.3) is 0 Å². The second-order valence-electron chi connectivity index (χ2n) is 9.92. The van der Waals surface area contributed by atoms with Crippen LogP contribution in [0.2, 0.25) is 6.32 Å². The summed E-state index contributed by atoms with van der Waals surface area (Å²) >= 11 is 0. The molecule has 1 atom stereocenters. The smallest absolute Gasteiger partial charge is 0.427 e. The van der Waals surface area contributed by atoms with Crippen LogP contribution < -0.4 is 16.4 Å². The Kier molecular flexibility index (Phi) is 10.5. The highest BCUT2D eigenvalue weighted by molar-refractivity contribution is 7.85. The van der Waals surface area contributed by atoms with E-state index in [4.69, 9.17) is 20.3 Å². The van der Waals surface area contributed by atoms with Gasteiger partial charge in [-0.05, 0) is 61.7 Å². The molecule has 0 heterocycles. The van der Waals surface area contributed by atoms with Gasteiger partial charge in [0.05, 0.1) is 11.1 Å². The van der Waals surface area contributed by atoms with Crippen molar-refractivity contribution in [1.82, 2.24) is 10.6 Å². The summed E-state index contributed by atoms with van der Waals surface area (Å²) in [4.78, 5) is 26.0. The Labute approximate surface area is 223 Å². The van der Waals surface area contributed by atoms with Crippen molar-refractivity contribution >= 4 is 29.1 Å². The molecule has 206 valence electrons. The highest BCUT2D eigenvalue weighted by Gasteiger charge is 2.48. The molecule has 4 rings (SSSR count). The summed E-state index contributed by atoms with van der Waals surface area (Å²) in [5.41, 5.74) is 7.44. The van der Waals surface area contributed by atoms with Crippen molar-refractivity contribution in [3.8, 4) is 0 Å². The van der Waals surface area contributed by atoms with E-state index in [2.05, 4.69) is 22.8 Å². The molecule has 7 N–H and O–H groups in total. The first-order chi connectivity index (χ1) is 18.0. The largest absolute Gasteiger partial charge is 0.451 e. The summed E-state index contributed by atoms with van der Waals surface area (Å²) in [5, 5.41) is 23.7. The number of carbonyl (C=O) groups is 2. The molecule has 2 aliphatic rings. The standard InChI is InChI=1S/C20H30BN3O4.C6H6O3S/c22-17(8-5-11-21(27)28)24-19(26)20(9-3-4-10-20)18(25)23-16-12-14-6-1-2-7-15(14)13-16;7-10(8,9)6-4-2-1-3-5-6/h1-2,6-7,16-17,27-28H,3-5,8-13,22H2,(H,23,25)(H,24,26);1-5H,(H,7,8,9). The lowest BCUT2D eigenvalue weighted by Gasteiger charge is -2.29. The van der Waals surface area contributed by atoms with Gasteiger partial charge in [0.2, 0.25) is 11.8 Å². The average Bonchev–Trinajstić information content (AvgIpc) is 3.52. The Morgan fingerprint density at radius 3 is 2.03 bits per heavy atom. The predicted molar refractivity (Wildman–Crippen MR) is 143 cm³/mol. The number of amides is 2. The van der Waals surface area contributed by atoms with Crippen LogP contribution in [0.1, 0.15) is 49.7 Å². The van der Waals surface area contributed by atoms with Crippen LogP contribution in [0.4, 0.5) is 0 Å². The van der Waals surface area contributed by atoms with E-state index in [0.717, 1.165) is 25.7 Å². The highest BCUT2D eigenvalue weighted by Crippen LogP contribution is 2.39. The molecule has 1 unspecified atom stereocenters. The third kappa shape index (κ3) is 8.11. The molecular formula is C26H36BN3O7S. The van der Waals surface area contributed by atoms with Crippen LogP contribution in [-0.2, 0) is 32.5 Å². The van der Waals surface area contributed by atoms with Gasteiger partial charge in [-0.2, -0.15) is 8.42 Å².